The number of carbonyl (C=O) groups is 1. The number of esters is 1. The van der Waals surface area contributed by atoms with Crippen molar-refractivity contribution in [2.75, 3.05) is 12.4 Å². The van der Waals surface area contributed by atoms with Crippen molar-refractivity contribution >= 4 is 39.2 Å². The van der Waals surface area contributed by atoms with Crippen molar-refractivity contribution in [3.63, 3.8) is 0 Å². The number of halogens is 2. The molecule has 1 fully saturated rings. The maximum Gasteiger partial charge on any atom is 0.331 e. The summed E-state index contributed by atoms with van der Waals surface area (Å²) < 4.78 is 5.86. The molecular formula is C16H21BrClNO2. The molecule has 0 aromatic heterocycles. The van der Waals surface area contributed by atoms with E-state index in [1.165, 1.54) is 7.11 Å². The number of hydrogen-bond donors (Lipinski definition) is 1. The predicted molar refractivity (Wildman–Crippen MR) is 89.8 cm³/mol. The van der Waals surface area contributed by atoms with Crippen molar-refractivity contribution < 1.29 is 9.53 Å². The predicted octanol–water partition coefficient (Wildman–Crippen LogP) is 5.03. The molecule has 1 saturated carbocycles. The molecule has 0 heterocycles. The van der Waals surface area contributed by atoms with Gasteiger partial charge in [0.2, 0.25) is 0 Å². The lowest BCUT2D eigenvalue weighted by molar-refractivity contribution is -0.148. The van der Waals surface area contributed by atoms with E-state index in [4.69, 9.17) is 16.3 Å². The second-order valence-electron chi connectivity index (χ2n) is 6.49. The van der Waals surface area contributed by atoms with E-state index in [1.54, 1.807) is 0 Å². The molecule has 1 N–H and O–H groups in total. The second kappa shape index (κ2) is 6.17. The van der Waals surface area contributed by atoms with Gasteiger partial charge in [-0.05, 0) is 65.2 Å². The van der Waals surface area contributed by atoms with Crippen molar-refractivity contribution in [1.82, 2.24) is 0 Å². The van der Waals surface area contributed by atoms with Crippen LogP contribution in [0.15, 0.2) is 22.7 Å². The first-order valence-corrected chi connectivity index (χ1v) is 8.27. The zero-order chi connectivity index (χ0) is 15.7. The molecule has 0 atom stereocenters. The monoisotopic (exact) mass is 373 g/mol. The van der Waals surface area contributed by atoms with Crippen LogP contribution in [-0.4, -0.2) is 18.6 Å². The number of rotatable bonds is 3. The minimum Gasteiger partial charge on any atom is -0.467 e. The normalized spacial score (nSPS) is 19.9. The number of methoxy groups -OCH3 is 1. The molecule has 0 aliphatic heterocycles. The third-order valence-electron chi connectivity index (χ3n) is 4.34. The molecule has 0 saturated heterocycles. The molecule has 0 amide bonds. The van der Waals surface area contributed by atoms with Gasteiger partial charge in [-0.3, -0.25) is 0 Å². The van der Waals surface area contributed by atoms with Crippen LogP contribution < -0.4 is 5.32 Å². The van der Waals surface area contributed by atoms with Gasteiger partial charge in [-0.15, -0.1) is 0 Å². The second-order valence-corrected chi connectivity index (χ2v) is 7.75. The Morgan fingerprint density at radius 3 is 2.43 bits per heavy atom. The van der Waals surface area contributed by atoms with Crippen molar-refractivity contribution in [3.8, 4) is 0 Å². The summed E-state index contributed by atoms with van der Waals surface area (Å²) in [5.41, 5.74) is 0.508. The van der Waals surface area contributed by atoms with Crippen molar-refractivity contribution in [1.29, 1.82) is 0 Å². The molecule has 1 aliphatic rings. The smallest absolute Gasteiger partial charge is 0.331 e. The van der Waals surface area contributed by atoms with Crippen LogP contribution in [0.1, 0.15) is 39.5 Å². The Balaban J connectivity index is 2.25. The molecule has 21 heavy (non-hydrogen) atoms. The highest BCUT2D eigenvalue weighted by atomic mass is 79.9. The Morgan fingerprint density at radius 1 is 1.29 bits per heavy atom. The largest absolute Gasteiger partial charge is 0.467 e. The first-order valence-electron chi connectivity index (χ1n) is 7.10. The first-order chi connectivity index (χ1) is 9.78. The van der Waals surface area contributed by atoms with Crippen molar-refractivity contribution in [2.45, 2.75) is 45.1 Å². The molecule has 1 aliphatic carbocycles. The zero-order valence-electron chi connectivity index (χ0n) is 12.6. The number of anilines is 1. The third-order valence-corrected chi connectivity index (χ3v) is 5.55. The van der Waals surface area contributed by atoms with Gasteiger partial charge in [-0.2, -0.15) is 0 Å². The van der Waals surface area contributed by atoms with E-state index in [0.717, 1.165) is 35.8 Å². The standard InChI is InChI=1S/C16H21BrClNO2/c1-15(2)6-8-16(9-7-15,14(20)21-3)19-11-4-5-13(18)12(17)10-11/h4-5,10,19H,6-9H2,1-3H3. The van der Waals surface area contributed by atoms with Crippen LogP contribution in [0.2, 0.25) is 5.02 Å². The van der Waals surface area contributed by atoms with E-state index in [0.29, 0.717) is 5.02 Å². The zero-order valence-corrected chi connectivity index (χ0v) is 15.0. The maximum atomic E-state index is 12.3. The van der Waals surface area contributed by atoms with Crippen molar-refractivity contribution in [2.24, 2.45) is 5.41 Å². The highest BCUT2D eigenvalue weighted by molar-refractivity contribution is 9.10. The van der Waals surface area contributed by atoms with Gasteiger partial charge in [0.1, 0.15) is 5.54 Å². The van der Waals surface area contributed by atoms with E-state index in [-0.39, 0.29) is 11.4 Å². The molecule has 1 aromatic carbocycles. The van der Waals surface area contributed by atoms with E-state index >= 15 is 0 Å². The molecular weight excluding hydrogens is 354 g/mol. The van der Waals surface area contributed by atoms with Crippen LogP contribution in [0, 0.1) is 5.41 Å². The van der Waals surface area contributed by atoms with Gasteiger partial charge in [0.25, 0.3) is 0 Å². The summed E-state index contributed by atoms with van der Waals surface area (Å²) in [6.45, 7) is 4.49. The Labute approximate surface area is 139 Å². The summed E-state index contributed by atoms with van der Waals surface area (Å²) in [5, 5.41) is 4.04. The third kappa shape index (κ3) is 3.72. The van der Waals surface area contributed by atoms with Crippen LogP contribution in [0.4, 0.5) is 5.69 Å². The Bertz CT molecular complexity index is 535. The molecule has 5 heteroatoms. The van der Waals surface area contributed by atoms with Gasteiger partial charge in [0.05, 0.1) is 12.1 Å². The summed E-state index contributed by atoms with van der Waals surface area (Å²) in [5.74, 6) is -0.191. The van der Waals surface area contributed by atoms with Gasteiger partial charge >= 0.3 is 5.97 Å². The Hall–Kier alpha value is -0.740. The summed E-state index contributed by atoms with van der Waals surface area (Å²) in [6.07, 6.45) is 3.52. The molecule has 0 radical (unpaired) electrons. The van der Waals surface area contributed by atoms with E-state index < -0.39 is 5.54 Å². The van der Waals surface area contributed by atoms with Crippen LogP contribution in [0.25, 0.3) is 0 Å². The number of ether oxygens (including phenoxy) is 1. The summed E-state index contributed by atoms with van der Waals surface area (Å²) in [7, 11) is 1.45. The van der Waals surface area contributed by atoms with Gasteiger partial charge in [0.15, 0.2) is 0 Å². The van der Waals surface area contributed by atoms with E-state index in [9.17, 15) is 4.79 Å². The fraction of sp³-hybridized carbons (Fsp3) is 0.562. The van der Waals surface area contributed by atoms with Crippen LogP contribution in [0.3, 0.4) is 0 Å². The number of nitrogens with one attached hydrogen (secondary N) is 1. The lowest BCUT2D eigenvalue weighted by atomic mass is 9.69. The fourth-order valence-corrected chi connectivity index (χ4v) is 3.28. The Kier molecular flexibility index (Phi) is 4.89. The molecule has 116 valence electrons. The lowest BCUT2D eigenvalue weighted by Crippen LogP contribution is -2.51. The summed E-state index contributed by atoms with van der Waals surface area (Å²) in [6, 6.07) is 5.59. The SMILES string of the molecule is COC(=O)C1(Nc2ccc(Cl)c(Br)c2)CCC(C)(C)CC1. The number of hydrogen-bond acceptors (Lipinski definition) is 3. The van der Waals surface area contributed by atoms with Gasteiger partial charge in [-0.25, -0.2) is 4.79 Å². The summed E-state index contributed by atoms with van der Waals surface area (Å²) in [4.78, 5) is 12.3. The highest BCUT2D eigenvalue weighted by Crippen LogP contribution is 2.42. The fourth-order valence-electron chi connectivity index (χ4n) is 2.78. The minimum atomic E-state index is -0.641. The lowest BCUT2D eigenvalue weighted by Gasteiger charge is -2.42. The average Bonchev–Trinajstić information content (AvgIpc) is 2.44. The van der Waals surface area contributed by atoms with Gasteiger partial charge in [-0.1, -0.05) is 25.4 Å². The quantitative estimate of drug-likeness (QED) is 0.754. The van der Waals surface area contributed by atoms with Crippen LogP contribution >= 0.6 is 27.5 Å². The average molecular weight is 375 g/mol. The maximum absolute atomic E-state index is 12.3. The molecule has 0 bridgehead atoms. The first kappa shape index (κ1) is 16.6. The number of benzene rings is 1. The minimum absolute atomic E-state index is 0.191. The van der Waals surface area contributed by atoms with Gasteiger partial charge < -0.3 is 10.1 Å². The van der Waals surface area contributed by atoms with E-state index in [2.05, 4.69) is 35.1 Å². The van der Waals surface area contributed by atoms with Crippen molar-refractivity contribution in [3.05, 3.63) is 27.7 Å². The molecule has 2 rings (SSSR count). The Morgan fingerprint density at radius 2 is 1.90 bits per heavy atom. The highest BCUT2D eigenvalue weighted by Gasteiger charge is 2.45. The topological polar surface area (TPSA) is 38.3 Å². The van der Waals surface area contributed by atoms with Crippen LogP contribution in [-0.2, 0) is 9.53 Å². The molecule has 1 aromatic rings. The number of carbonyl (C=O) groups excluding carboxylic acids is 1. The van der Waals surface area contributed by atoms with Crippen LogP contribution in [0.5, 0.6) is 0 Å². The van der Waals surface area contributed by atoms with Gasteiger partial charge in [0, 0.05) is 10.2 Å². The summed E-state index contributed by atoms with van der Waals surface area (Å²) >= 11 is 9.43. The molecule has 3 nitrogen and oxygen atoms in total. The van der Waals surface area contributed by atoms with E-state index in [1.807, 2.05) is 18.2 Å². The molecule has 0 unspecified atom stereocenters. The molecule has 0 spiro atoms.